The van der Waals surface area contributed by atoms with E-state index in [-0.39, 0.29) is 0 Å². The molecule has 0 bridgehead atoms. The lowest BCUT2D eigenvalue weighted by Crippen LogP contribution is -1.82. The largest absolute Gasteiger partial charge is 0.399 e. The SMILES string of the molecule is CCc1cc2ccc(N)cc2[nH]1. The molecule has 0 saturated carbocycles. The Morgan fingerprint density at radius 2 is 2.17 bits per heavy atom. The molecule has 0 unspecified atom stereocenters. The molecule has 0 spiro atoms. The second-order valence-corrected chi connectivity index (χ2v) is 2.99. The number of anilines is 1. The second kappa shape index (κ2) is 2.55. The zero-order valence-corrected chi connectivity index (χ0v) is 7.09. The van der Waals surface area contributed by atoms with E-state index in [0.717, 1.165) is 17.6 Å². The summed E-state index contributed by atoms with van der Waals surface area (Å²) in [4.78, 5) is 3.31. The molecule has 0 aliphatic carbocycles. The molecule has 62 valence electrons. The van der Waals surface area contributed by atoms with Gasteiger partial charge in [0, 0.05) is 16.9 Å². The molecule has 2 aromatic rings. The van der Waals surface area contributed by atoms with Gasteiger partial charge in [-0.05, 0) is 30.0 Å². The van der Waals surface area contributed by atoms with Crippen LogP contribution in [-0.4, -0.2) is 4.98 Å². The molecule has 0 radical (unpaired) electrons. The van der Waals surface area contributed by atoms with Crippen LogP contribution in [0, 0.1) is 0 Å². The van der Waals surface area contributed by atoms with Crippen molar-refractivity contribution < 1.29 is 0 Å². The molecule has 0 atom stereocenters. The number of hydrogen-bond acceptors (Lipinski definition) is 1. The fourth-order valence-corrected chi connectivity index (χ4v) is 1.40. The summed E-state index contributed by atoms with van der Waals surface area (Å²) in [6.45, 7) is 2.13. The number of fused-ring (bicyclic) bond motifs is 1. The van der Waals surface area contributed by atoms with Crippen molar-refractivity contribution in [3.8, 4) is 0 Å². The van der Waals surface area contributed by atoms with E-state index in [1.54, 1.807) is 0 Å². The molecule has 3 N–H and O–H groups in total. The molecule has 2 nitrogen and oxygen atoms in total. The summed E-state index contributed by atoms with van der Waals surface area (Å²) < 4.78 is 0. The molecule has 2 rings (SSSR count). The van der Waals surface area contributed by atoms with Crippen LogP contribution in [0.2, 0.25) is 0 Å². The zero-order chi connectivity index (χ0) is 8.55. The first kappa shape index (κ1) is 7.22. The van der Waals surface area contributed by atoms with Crippen molar-refractivity contribution in [1.29, 1.82) is 0 Å². The molecule has 1 heterocycles. The number of nitrogen functional groups attached to an aromatic ring is 1. The summed E-state index contributed by atoms with van der Waals surface area (Å²) in [5.41, 5.74) is 8.86. The topological polar surface area (TPSA) is 41.8 Å². The first-order valence-corrected chi connectivity index (χ1v) is 4.16. The van der Waals surface area contributed by atoms with E-state index in [1.807, 2.05) is 18.2 Å². The van der Waals surface area contributed by atoms with Crippen LogP contribution in [-0.2, 0) is 6.42 Å². The first-order valence-electron chi connectivity index (χ1n) is 4.16. The standard InChI is InChI=1S/C10H12N2/c1-2-9-5-7-3-4-8(11)6-10(7)12-9/h3-6,12H,2,11H2,1H3. The highest BCUT2D eigenvalue weighted by Crippen LogP contribution is 2.18. The van der Waals surface area contributed by atoms with E-state index in [1.165, 1.54) is 11.1 Å². The third-order valence-electron chi connectivity index (χ3n) is 2.08. The van der Waals surface area contributed by atoms with Crippen molar-refractivity contribution in [2.75, 3.05) is 5.73 Å². The summed E-state index contributed by atoms with van der Waals surface area (Å²) in [5.74, 6) is 0. The van der Waals surface area contributed by atoms with Gasteiger partial charge in [0.15, 0.2) is 0 Å². The predicted molar refractivity (Wildman–Crippen MR) is 52.1 cm³/mol. The van der Waals surface area contributed by atoms with Gasteiger partial charge in [0.2, 0.25) is 0 Å². The summed E-state index contributed by atoms with van der Waals surface area (Å²) in [7, 11) is 0. The number of rotatable bonds is 1. The van der Waals surface area contributed by atoms with E-state index in [0.29, 0.717) is 0 Å². The summed E-state index contributed by atoms with van der Waals surface area (Å²) in [5, 5.41) is 1.24. The van der Waals surface area contributed by atoms with Gasteiger partial charge < -0.3 is 10.7 Å². The zero-order valence-electron chi connectivity index (χ0n) is 7.09. The van der Waals surface area contributed by atoms with Crippen molar-refractivity contribution in [3.63, 3.8) is 0 Å². The minimum absolute atomic E-state index is 0.812. The number of nitrogens with two attached hydrogens (primary N) is 1. The molecule has 1 aromatic carbocycles. The van der Waals surface area contributed by atoms with Gasteiger partial charge in [-0.3, -0.25) is 0 Å². The second-order valence-electron chi connectivity index (χ2n) is 2.99. The molecule has 0 fully saturated rings. The van der Waals surface area contributed by atoms with E-state index in [4.69, 9.17) is 5.73 Å². The van der Waals surface area contributed by atoms with Crippen molar-refractivity contribution in [2.24, 2.45) is 0 Å². The summed E-state index contributed by atoms with van der Waals surface area (Å²) in [6.07, 6.45) is 1.04. The molecular weight excluding hydrogens is 148 g/mol. The van der Waals surface area contributed by atoms with Crippen LogP contribution in [0.5, 0.6) is 0 Å². The predicted octanol–water partition coefficient (Wildman–Crippen LogP) is 2.31. The number of nitrogens with one attached hydrogen (secondary N) is 1. The summed E-state index contributed by atoms with van der Waals surface area (Å²) >= 11 is 0. The first-order chi connectivity index (χ1) is 5.79. The Kier molecular flexibility index (Phi) is 1.54. The fourth-order valence-electron chi connectivity index (χ4n) is 1.40. The minimum atomic E-state index is 0.812. The van der Waals surface area contributed by atoms with E-state index >= 15 is 0 Å². The van der Waals surface area contributed by atoms with Crippen LogP contribution in [0.1, 0.15) is 12.6 Å². The van der Waals surface area contributed by atoms with Crippen molar-refractivity contribution in [1.82, 2.24) is 4.98 Å². The number of benzene rings is 1. The third-order valence-corrected chi connectivity index (χ3v) is 2.08. The molecule has 0 aliphatic heterocycles. The molecule has 12 heavy (non-hydrogen) atoms. The number of H-pyrrole nitrogens is 1. The molecule has 1 aromatic heterocycles. The van der Waals surface area contributed by atoms with Crippen LogP contribution >= 0.6 is 0 Å². The van der Waals surface area contributed by atoms with Crippen molar-refractivity contribution in [2.45, 2.75) is 13.3 Å². The quantitative estimate of drug-likeness (QED) is 0.617. The lowest BCUT2D eigenvalue weighted by molar-refractivity contribution is 1.07. The molecule has 2 heteroatoms. The number of hydrogen-bond donors (Lipinski definition) is 2. The minimum Gasteiger partial charge on any atom is -0.399 e. The van der Waals surface area contributed by atoms with Crippen LogP contribution in [0.4, 0.5) is 5.69 Å². The Morgan fingerprint density at radius 3 is 2.92 bits per heavy atom. The van der Waals surface area contributed by atoms with E-state index < -0.39 is 0 Å². The average Bonchev–Trinajstić information content (AvgIpc) is 2.46. The lowest BCUT2D eigenvalue weighted by atomic mass is 10.2. The van der Waals surface area contributed by atoms with Gasteiger partial charge in [-0.25, -0.2) is 0 Å². The number of aromatic nitrogens is 1. The van der Waals surface area contributed by atoms with Crippen LogP contribution in [0.15, 0.2) is 24.3 Å². The monoisotopic (exact) mass is 160 g/mol. The Bertz CT molecular complexity index is 401. The van der Waals surface area contributed by atoms with Gasteiger partial charge in [0.1, 0.15) is 0 Å². The van der Waals surface area contributed by atoms with Gasteiger partial charge in [-0.15, -0.1) is 0 Å². The lowest BCUT2D eigenvalue weighted by Gasteiger charge is -1.91. The summed E-state index contributed by atoms with van der Waals surface area (Å²) in [6, 6.07) is 8.10. The van der Waals surface area contributed by atoms with Crippen LogP contribution in [0.3, 0.4) is 0 Å². The van der Waals surface area contributed by atoms with E-state index in [2.05, 4.69) is 18.0 Å². The maximum atomic E-state index is 5.65. The van der Waals surface area contributed by atoms with Gasteiger partial charge in [0.05, 0.1) is 0 Å². The van der Waals surface area contributed by atoms with E-state index in [9.17, 15) is 0 Å². The maximum Gasteiger partial charge on any atom is 0.0476 e. The molecule has 0 amide bonds. The Hall–Kier alpha value is -1.44. The fraction of sp³-hybridized carbons (Fsp3) is 0.200. The molecule has 0 aliphatic rings. The number of aromatic amines is 1. The Labute approximate surface area is 71.4 Å². The van der Waals surface area contributed by atoms with Gasteiger partial charge in [-0.2, -0.15) is 0 Å². The van der Waals surface area contributed by atoms with Gasteiger partial charge in [-0.1, -0.05) is 13.0 Å². The van der Waals surface area contributed by atoms with Gasteiger partial charge >= 0.3 is 0 Å². The highest BCUT2D eigenvalue weighted by Gasteiger charge is 1.97. The van der Waals surface area contributed by atoms with Crippen molar-refractivity contribution in [3.05, 3.63) is 30.0 Å². The molecule has 0 saturated heterocycles. The van der Waals surface area contributed by atoms with Crippen molar-refractivity contribution >= 4 is 16.6 Å². The van der Waals surface area contributed by atoms with Crippen LogP contribution in [0.25, 0.3) is 10.9 Å². The highest BCUT2D eigenvalue weighted by atomic mass is 14.7. The smallest absolute Gasteiger partial charge is 0.0476 e. The number of aryl methyl sites for hydroxylation is 1. The third kappa shape index (κ3) is 1.05. The Morgan fingerprint density at radius 1 is 1.33 bits per heavy atom. The highest BCUT2D eigenvalue weighted by molar-refractivity contribution is 5.83. The average molecular weight is 160 g/mol. The maximum absolute atomic E-state index is 5.65. The Balaban J connectivity index is 2.67. The normalized spacial score (nSPS) is 10.8. The van der Waals surface area contributed by atoms with Gasteiger partial charge in [0.25, 0.3) is 0 Å². The van der Waals surface area contributed by atoms with Crippen LogP contribution < -0.4 is 5.73 Å². The molecular formula is C10H12N2.